The summed E-state index contributed by atoms with van der Waals surface area (Å²) in [5, 5.41) is 0. The van der Waals surface area contributed by atoms with Crippen molar-refractivity contribution in [3.8, 4) is 0 Å². The van der Waals surface area contributed by atoms with Crippen LogP contribution in [0.5, 0.6) is 0 Å². The molecule has 4 heteroatoms. The third kappa shape index (κ3) is 8.85. The van der Waals surface area contributed by atoms with Crippen LogP contribution in [0.1, 0.15) is 0 Å². The van der Waals surface area contributed by atoms with Gasteiger partial charge >= 0.3 is 54.0 Å². The molecule has 0 rings (SSSR count). The van der Waals surface area contributed by atoms with Gasteiger partial charge in [-0.05, 0) is 0 Å². The second-order valence-electron chi connectivity index (χ2n) is 0. The Kier molecular flexibility index (Phi) is 122. The van der Waals surface area contributed by atoms with Crippen molar-refractivity contribution < 1.29 is 21.1 Å². The first-order valence-corrected chi connectivity index (χ1v) is 0. The van der Waals surface area contributed by atoms with Gasteiger partial charge in [0.05, 0.1) is 0 Å². The maximum absolute atomic E-state index is 0. The Hall–Kier alpha value is 2.86. The molecule has 0 aliphatic carbocycles. The van der Waals surface area contributed by atoms with E-state index in [4.69, 9.17) is 0 Å². The van der Waals surface area contributed by atoms with Crippen LogP contribution in [0.4, 0.5) is 0 Å². The molecular weight excluding hydrogens is 273 g/mol. The Balaban J connectivity index is 0. The normalized spacial score (nSPS) is 0. The zero-order valence-corrected chi connectivity index (χ0v) is 8.66. The molecule has 24 valence electrons. The minimum absolute atomic E-state index is 0. The van der Waals surface area contributed by atoms with Crippen molar-refractivity contribution in [2.45, 2.75) is 0 Å². The number of rotatable bonds is 0. The van der Waals surface area contributed by atoms with Gasteiger partial charge in [-0.3, -0.25) is 0 Å². The molecule has 0 aromatic heterocycles. The summed E-state index contributed by atoms with van der Waals surface area (Å²) in [6, 6.07) is 0. The van der Waals surface area contributed by atoms with E-state index >= 15 is 0 Å². The summed E-state index contributed by atoms with van der Waals surface area (Å²) in [6.45, 7) is 0. The molecule has 0 radical (unpaired) electrons. The molecule has 0 aliphatic rings. The first-order chi connectivity index (χ1) is 0. The van der Waals surface area contributed by atoms with E-state index in [0.29, 0.717) is 0 Å². The van der Waals surface area contributed by atoms with E-state index < -0.39 is 0 Å². The summed E-state index contributed by atoms with van der Waals surface area (Å²) in [7, 11) is 0. The van der Waals surface area contributed by atoms with Gasteiger partial charge in [-0.2, -0.15) is 13.5 Å². The van der Waals surface area contributed by atoms with Crippen molar-refractivity contribution in [3.63, 3.8) is 0 Å². The van der Waals surface area contributed by atoms with E-state index in [0.717, 1.165) is 0 Å². The number of hydrogen-bond acceptors (Lipinski definition) is 0. The van der Waals surface area contributed by atoms with Gasteiger partial charge in [0.2, 0.25) is 0 Å². The summed E-state index contributed by atoms with van der Waals surface area (Å²) in [4.78, 5) is 0. The van der Waals surface area contributed by atoms with Gasteiger partial charge in [-0.25, -0.2) is 0 Å². The summed E-state index contributed by atoms with van der Waals surface area (Å²) >= 11 is 0. The van der Waals surface area contributed by atoms with Crippen molar-refractivity contribution in [2.75, 3.05) is 0 Å². The molecule has 0 heterocycles. The molecular formula is H6MoNaSSb. The molecule has 0 aromatic carbocycles. The minimum atomic E-state index is 0. The predicted molar refractivity (Wildman–Crippen MR) is 27.5 cm³/mol. The fraction of sp³-hybridized carbons (Fsp3) is 0. The Bertz CT molecular complexity index is 8.00. The van der Waals surface area contributed by atoms with Gasteiger partial charge < -0.3 is 0 Å². The van der Waals surface area contributed by atoms with Crippen LogP contribution in [0.25, 0.3) is 0 Å². The first kappa shape index (κ1) is 28.8. The van der Waals surface area contributed by atoms with E-state index in [9.17, 15) is 0 Å². The van der Waals surface area contributed by atoms with Crippen LogP contribution in [-0.4, -0.2) is 54.0 Å². The van der Waals surface area contributed by atoms with Gasteiger partial charge in [0.15, 0.2) is 0 Å². The third-order valence-corrected chi connectivity index (χ3v) is 0. The second kappa shape index (κ2) is 16.9. The van der Waals surface area contributed by atoms with E-state index in [1.54, 1.807) is 0 Å². The fourth-order valence-electron chi connectivity index (χ4n) is 0. The molecule has 0 unspecified atom stereocenters. The molecule has 0 spiro atoms. The van der Waals surface area contributed by atoms with Crippen molar-refractivity contribution in [1.82, 2.24) is 0 Å². The summed E-state index contributed by atoms with van der Waals surface area (Å²) in [5.41, 5.74) is 0. The van der Waals surface area contributed by atoms with Crippen molar-refractivity contribution >= 4 is 67.5 Å². The van der Waals surface area contributed by atoms with Crippen LogP contribution in [0.15, 0.2) is 0 Å². The van der Waals surface area contributed by atoms with Gasteiger partial charge in [-0.15, -0.1) is 0 Å². The van der Waals surface area contributed by atoms with Crippen LogP contribution in [-0.2, 0) is 21.1 Å². The Morgan fingerprint density at radius 3 is 1.00 bits per heavy atom. The molecule has 0 bridgehead atoms. The zero-order chi connectivity index (χ0) is 0. The number of hydrogen-bond donors (Lipinski definition) is 0. The van der Waals surface area contributed by atoms with Crippen LogP contribution >= 0.6 is 13.5 Å². The summed E-state index contributed by atoms with van der Waals surface area (Å²) in [6.07, 6.45) is 0. The first-order valence-electron chi connectivity index (χ1n) is 0. The molecule has 0 nitrogen and oxygen atoms in total. The SMILES string of the molecule is S.[Mo].[NaH].[SbH3]. The monoisotopic (exact) mass is 280 g/mol. The maximum atomic E-state index is 0. The summed E-state index contributed by atoms with van der Waals surface area (Å²) < 4.78 is 0. The average molecular weight is 279 g/mol. The van der Waals surface area contributed by atoms with Gasteiger partial charge in [0.1, 0.15) is 0 Å². The molecule has 0 fully saturated rings. The molecule has 0 saturated heterocycles. The van der Waals surface area contributed by atoms with Crippen LogP contribution in [0.2, 0.25) is 0 Å². The molecule has 4 heavy (non-hydrogen) atoms. The van der Waals surface area contributed by atoms with E-state index in [2.05, 4.69) is 0 Å². The van der Waals surface area contributed by atoms with E-state index in [1.807, 2.05) is 0 Å². The zero-order valence-electron chi connectivity index (χ0n) is 1.62. The van der Waals surface area contributed by atoms with E-state index in [1.165, 1.54) is 0 Å². The molecule has 0 amide bonds. The van der Waals surface area contributed by atoms with Crippen molar-refractivity contribution in [1.29, 1.82) is 0 Å². The molecule has 0 N–H and O–H groups in total. The third-order valence-electron chi connectivity index (χ3n) is 0. The Morgan fingerprint density at radius 2 is 1.00 bits per heavy atom. The fourth-order valence-corrected chi connectivity index (χ4v) is 0. The van der Waals surface area contributed by atoms with Crippen molar-refractivity contribution in [2.24, 2.45) is 0 Å². The predicted octanol–water partition coefficient (Wildman–Crippen LogP) is -1.72. The Labute approximate surface area is 86.9 Å². The molecule has 0 atom stereocenters. The standard InChI is InChI=1S/Mo.Na.H2S.Sb.4H/h;;1H2;;;;;. The van der Waals surface area contributed by atoms with Gasteiger partial charge in [0.25, 0.3) is 0 Å². The Morgan fingerprint density at radius 1 is 1.00 bits per heavy atom. The van der Waals surface area contributed by atoms with Gasteiger partial charge in [-0.1, -0.05) is 0 Å². The van der Waals surface area contributed by atoms with Gasteiger partial charge in [0, 0.05) is 21.1 Å². The van der Waals surface area contributed by atoms with Crippen LogP contribution in [0, 0.1) is 0 Å². The molecule has 0 saturated carbocycles. The van der Waals surface area contributed by atoms with Crippen LogP contribution < -0.4 is 0 Å². The van der Waals surface area contributed by atoms with E-state index in [-0.39, 0.29) is 88.5 Å². The quantitative estimate of drug-likeness (QED) is 0.463. The molecule has 0 aromatic rings. The van der Waals surface area contributed by atoms with Crippen LogP contribution in [0.3, 0.4) is 0 Å². The molecule has 0 aliphatic heterocycles. The second-order valence-corrected chi connectivity index (χ2v) is 0. The van der Waals surface area contributed by atoms with Crippen molar-refractivity contribution in [3.05, 3.63) is 0 Å². The summed E-state index contributed by atoms with van der Waals surface area (Å²) in [5.74, 6) is 0. The topological polar surface area (TPSA) is 0 Å². The average Bonchev–Trinajstić information content (AvgIpc) is 0.